The van der Waals surface area contributed by atoms with Gasteiger partial charge in [-0.2, -0.15) is 0 Å². The highest BCUT2D eigenvalue weighted by Gasteiger charge is 2.42. The van der Waals surface area contributed by atoms with E-state index in [2.05, 4.69) is 186 Å². The van der Waals surface area contributed by atoms with Crippen molar-refractivity contribution in [3.63, 3.8) is 0 Å². The summed E-state index contributed by atoms with van der Waals surface area (Å²) in [4.78, 5) is 5.32. The average Bonchev–Trinajstić information content (AvgIpc) is 4.00. The lowest BCUT2D eigenvalue weighted by Crippen LogP contribution is -2.60. The molecule has 2 aliphatic carbocycles. The van der Waals surface area contributed by atoms with Gasteiger partial charge < -0.3 is 14.0 Å². The quantitative estimate of drug-likeness (QED) is 0.164. The summed E-state index contributed by atoms with van der Waals surface area (Å²) in [5.74, 6) is 0. The molecule has 2 aromatic heterocycles. The van der Waals surface area contributed by atoms with Crippen LogP contribution in [0, 0.1) is 0 Å². The van der Waals surface area contributed by atoms with E-state index in [1.54, 1.807) is 5.56 Å². The Morgan fingerprint density at radius 3 is 1.85 bits per heavy atom. The van der Waals surface area contributed by atoms with Crippen molar-refractivity contribution in [3.8, 4) is 22.5 Å². The van der Waals surface area contributed by atoms with Gasteiger partial charge in [0.1, 0.15) is 0 Å². The zero-order chi connectivity index (χ0) is 41.3. The third-order valence-electron chi connectivity index (χ3n) is 14.5. The zero-order valence-electron chi connectivity index (χ0n) is 35.7. The van der Waals surface area contributed by atoms with Gasteiger partial charge in [-0.3, -0.25) is 0 Å². The minimum Gasteiger partial charge on any atom is -0.313 e. The first-order valence-electron chi connectivity index (χ1n) is 22.7. The zero-order valence-corrected chi connectivity index (χ0v) is 36.5. The summed E-state index contributed by atoms with van der Waals surface area (Å²) in [5, 5.41) is 2.81. The van der Waals surface area contributed by atoms with Crippen LogP contribution in [0.2, 0.25) is 0 Å². The van der Waals surface area contributed by atoms with Crippen molar-refractivity contribution >= 4 is 73.7 Å². The van der Waals surface area contributed by atoms with E-state index >= 15 is 0 Å². The molecule has 0 amide bonds. The molecule has 0 unspecified atom stereocenters. The Bertz CT molecular complexity index is 3290. The van der Waals surface area contributed by atoms with Crippen LogP contribution in [0.25, 0.3) is 44.3 Å². The Morgan fingerprint density at radius 2 is 1.11 bits per heavy atom. The molecule has 13 rings (SSSR count). The van der Waals surface area contributed by atoms with Gasteiger partial charge in [-0.1, -0.05) is 135 Å². The van der Waals surface area contributed by atoms with Crippen LogP contribution in [-0.2, 0) is 31.1 Å². The van der Waals surface area contributed by atoms with Gasteiger partial charge in [-0.05, 0) is 144 Å². The molecule has 0 atom stereocenters. The summed E-state index contributed by atoms with van der Waals surface area (Å²) < 4.78 is 5.22. The fourth-order valence-corrected chi connectivity index (χ4v) is 12.8. The Balaban J connectivity index is 1.11. The van der Waals surface area contributed by atoms with Crippen molar-refractivity contribution in [1.82, 2.24) is 9.13 Å². The smallest absolute Gasteiger partial charge is 0.249 e. The number of aryl methyl sites for hydroxylation is 2. The van der Waals surface area contributed by atoms with Gasteiger partial charge >= 0.3 is 0 Å². The predicted octanol–water partition coefficient (Wildman–Crippen LogP) is 12.7. The Morgan fingerprint density at radius 1 is 0.484 bits per heavy atom. The first-order valence-corrected chi connectivity index (χ1v) is 23.5. The molecule has 0 saturated carbocycles. The van der Waals surface area contributed by atoms with Crippen molar-refractivity contribution in [2.75, 3.05) is 4.90 Å². The standard InChI is InChI=1S/C57H48BN3S/c1-57(2,3)38-25-27-39(28-26-38)59-52-33-40(60-48-20-10-7-18-44(48)45-19-13-23-51(45)60)29-30-46(52)58-47-32-37(36-14-5-4-6-15-36)24-31-54(47)62-55-35-41(34-53(59)56(55)58)61-49-21-11-8-16-42(49)43-17-9-12-22-50(43)61/h4-8,10-11,14-16,18,20-21,24-35H,9,12-13,17,19,22-23H2,1-3H3. The van der Waals surface area contributed by atoms with Crippen molar-refractivity contribution in [2.45, 2.75) is 80.9 Å². The van der Waals surface area contributed by atoms with E-state index in [9.17, 15) is 0 Å². The molecule has 4 heterocycles. The molecule has 300 valence electrons. The van der Waals surface area contributed by atoms with E-state index < -0.39 is 0 Å². The summed E-state index contributed by atoms with van der Waals surface area (Å²) in [6.45, 7) is 7.02. The fraction of sp³-hybridized carbons (Fsp3) is 0.193. The third kappa shape index (κ3) is 5.40. The Kier molecular flexibility index (Phi) is 8.04. The number of benzene rings is 7. The summed E-state index contributed by atoms with van der Waals surface area (Å²) in [6, 6.07) is 58.4. The van der Waals surface area contributed by atoms with Crippen LogP contribution in [0.15, 0.2) is 161 Å². The molecule has 3 nitrogen and oxygen atoms in total. The number of para-hydroxylation sites is 2. The lowest BCUT2D eigenvalue weighted by atomic mass is 9.34. The van der Waals surface area contributed by atoms with Crippen LogP contribution in [-0.4, -0.2) is 15.8 Å². The monoisotopic (exact) mass is 817 g/mol. The van der Waals surface area contributed by atoms with Crippen molar-refractivity contribution in [1.29, 1.82) is 0 Å². The molecule has 7 aromatic carbocycles. The van der Waals surface area contributed by atoms with Gasteiger partial charge in [0, 0.05) is 60.4 Å². The maximum Gasteiger partial charge on any atom is 0.249 e. The molecule has 2 aliphatic heterocycles. The fourth-order valence-electron chi connectivity index (χ4n) is 11.6. The number of rotatable bonds is 4. The van der Waals surface area contributed by atoms with Gasteiger partial charge in [-0.25, -0.2) is 0 Å². The van der Waals surface area contributed by atoms with Crippen LogP contribution >= 0.6 is 11.8 Å². The maximum absolute atomic E-state index is 2.63. The molecule has 0 spiro atoms. The van der Waals surface area contributed by atoms with Crippen molar-refractivity contribution in [2.24, 2.45) is 0 Å². The van der Waals surface area contributed by atoms with Crippen molar-refractivity contribution < 1.29 is 0 Å². The molecule has 0 bridgehead atoms. The highest BCUT2D eigenvalue weighted by Crippen LogP contribution is 2.46. The Labute approximate surface area is 369 Å². The lowest BCUT2D eigenvalue weighted by Gasteiger charge is -2.41. The van der Waals surface area contributed by atoms with E-state index in [1.807, 2.05) is 11.8 Å². The third-order valence-corrected chi connectivity index (χ3v) is 15.6. The summed E-state index contributed by atoms with van der Waals surface area (Å²) in [5.41, 5.74) is 23.0. The number of fused-ring (bicyclic) bond motifs is 10. The Hall–Kier alpha value is -6.17. The first kappa shape index (κ1) is 36.5. The predicted molar refractivity (Wildman–Crippen MR) is 263 cm³/mol. The molecular weight excluding hydrogens is 770 g/mol. The molecule has 0 N–H and O–H groups in total. The summed E-state index contributed by atoms with van der Waals surface area (Å²) >= 11 is 1.96. The number of hydrogen-bond donors (Lipinski definition) is 0. The summed E-state index contributed by atoms with van der Waals surface area (Å²) in [7, 11) is 0. The van der Waals surface area contributed by atoms with Gasteiger partial charge in [0.05, 0.1) is 11.0 Å². The SMILES string of the molecule is CC(C)(C)c1ccc(N2c3cc(-n4c5c(c6ccccc64)CCC5)ccc3B3c4cc(-c5ccccc5)ccc4Sc4cc(-n5c6c(c7ccccc75)CCCC6)cc2c43)cc1. The van der Waals surface area contributed by atoms with Crippen LogP contribution < -0.4 is 21.3 Å². The number of aromatic nitrogens is 2. The van der Waals surface area contributed by atoms with Gasteiger partial charge in [-0.15, -0.1) is 0 Å². The first-order chi connectivity index (χ1) is 30.4. The maximum atomic E-state index is 2.63. The summed E-state index contributed by atoms with van der Waals surface area (Å²) in [6.07, 6.45) is 8.22. The van der Waals surface area contributed by atoms with E-state index in [-0.39, 0.29) is 12.1 Å². The molecule has 0 fully saturated rings. The largest absolute Gasteiger partial charge is 0.313 e. The second kappa shape index (κ2) is 13.7. The van der Waals surface area contributed by atoms with Crippen molar-refractivity contribution in [3.05, 3.63) is 180 Å². The average molecular weight is 818 g/mol. The molecular formula is C57H48BN3S. The molecule has 0 saturated heterocycles. The van der Waals surface area contributed by atoms with Crippen LogP contribution in [0.1, 0.15) is 68.1 Å². The second-order valence-corrected chi connectivity index (χ2v) is 20.1. The van der Waals surface area contributed by atoms with Gasteiger partial charge in [0.2, 0.25) is 6.71 Å². The molecule has 0 radical (unpaired) electrons. The van der Waals surface area contributed by atoms with Gasteiger partial charge in [0.15, 0.2) is 0 Å². The van der Waals surface area contributed by atoms with Crippen LogP contribution in [0.4, 0.5) is 17.1 Å². The highest BCUT2D eigenvalue weighted by molar-refractivity contribution is 8.00. The lowest BCUT2D eigenvalue weighted by molar-refractivity contribution is 0.590. The van der Waals surface area contributed by atoms with E-state index in [0.29, 0.717) is 0 Å². The van der Waals surface area contributed by atoms with Crippen LogP contribution in [0.3, 0.4) is 0 Å². The normalized spacial score (nSPS) is 15.1. The van der Waals surface area contributed by atoms with E-state index in [0.717, 1.165) is 25.7 Å². The number of anilines is 3. The molecule has 62 heavy (non-hydrogen) atoms. The van der Waals surface area contributed by atoms with Gasteiger partial charge in [0.25, 0.3) is 0 Å². The second-order valence-electron chi connectivity index (χ2n) is 19.0. The minimum absolute atomic E-state index is 0.0525. The molecule has 4 aliphatic rings. The topological polar surface area (TPSA) is 13.1 Å². The number of nitrogens with zero attached hydrogens (tertiary/aromatic N) is 3. The highest BCUT2D eigenvalue weighted by atomic mass is 32.2. The number of hydrogen-bond acceptors (Lipinski definition) is 2. The van der Waals surface area contributed by atoms with E-state index in [4.69, 9.17) is 0 Å². The molecule has 5 heteroatoms. The van der Waals surface area contributed by atoms with E-state index in [1.165, 1.54) is 129 Å². The minimum atomic E-state index is 0.0525. The van der Waals surface area contributed by atoms with Crippen LogP contribution in [0.5, 0.6) is 0 Å². The molecule has 9 aromatic rings.